The van der Waals surface area contributed by atoms with Crippen molar-refractivity contribution >= 4 is 28.1 Å². The zero-order chi connectivity index (χ0) is 20.1. The van der Waals surface area contributed by atoms with Gasteiger partial charge < -0.3 is 14.8 Å². The minimum atomic E-state index is 0.102. The summed E-state index contributed by atoms with van der Waals surface area (Å²) >= 11 is 0. The Labute approximate surface area is 174 Å². The Morgan fingerprint density at radius 2 is 1.90 bits per heavy atom. The highest BCUT2D eigenvalue weighted by Gasteiger charge is 2.26. The van der Waals surface area contributed by atoms with Gasteiger partial charge in [0.15, 0.2) is 5.82 Å². The van der Waals surface area contributed by atoms with Crippen LogP contribution in [0.15, 0.2) is 42.9 Å². The van der Waals surface area contributed by atoms with Crippen LogP contribution in [0.5, 0.6) is 0 Å². The normalized spacial score (nSPS) is 16.9. The number of H-pyrrole nitrogens is 1. The Morgan fingerprint density at radius 3 is 2.80 bits per heavy atom. The van der Waals surface area contributed by atoms with E-state index >= 15 is 0 Å². The predicted octanol–water partition coefficient (Wildman–Crippen LogP) is 3.05. The third-order valence-electron chi connectivity index (χ3n) is 6.47. The van der Waals surface area contributed by atoms with Gasteiger partial charge in [-0.25, -0.2) is 9.50 Å². The van der Waals surface area contributed by atoms with E-state index in [-0.39, 0.29) is 5.91 Å². The summed E-state index contributed by atoms with van der Waals surface area (Å²) in [6.07, 6.45) is 10.3. The third kappa shape index (κ3) is 2.76. The molecule has 1 fully saturated rings. The maximum atomic E-state index is 13.0. The van der Waals surface area contributed by atoms with Crippen LogP contribution in [0.1, 0.15) is 34.5 Å². The van der Waals surface area contributed by atoms with Crippen molar-refractivity contribution in [3.8, 4) is 0 Å². The lowest BCUT2D eigenvalue weighted by molar-refractivity contribution is 0.0747. The van der Waals surface area contributed by atoms with E-state index in [1.807, 2.05) is 52.3 Å². The number of amides is 1. The Balaban J connectivity index is 1.23. The molecule has 1 aliphatic carbocycles. The summed E-state index contributed by atoms with van der Waals surface area (Å²) in [4.78, 5) is 25.2. The number of nitrogens with zero attached hydrogens (tertiary/aromatic N) is 5. The molecule has 0 bridgehead atoms. The smallest absolute Gasteiger partial charge is 0.253 e. The highest BCUT2D eigenvalue weighted by Crippen LogP contribution is 2.30. The summed E-state index contributed by atoms with van der Waals surface area (Å²) < 4.78 is 2.00. The van der Waals surface area contributed by atoms with E-state index in [4.69, 9.17) is 10.1 Å². The number of piperazine rings is 1. The number of anilines is 1. The lowest BCUT2D eigenvalue weighted by Crippen LogP contribution is -2.49. The van der Waals surface area contributed by atoms with Gasteiger partial charge in [0, 0.05) is 66.8 Å². The predicted molar refractivity (Wildman–Crippen MR) is 116 cm³/mol. The molecule has 0 atom stereocenters. The highest BCUT2D eigenvalue weighted by atomic mass is 16.2. The standard InChI is InChI=1S/C23H24N6O/c30-23(17-5-6-19-16(15-17)7-8-24-19)28-13-11-27(12-14-28)22-21-18-3-1-2-4-20(18)26-29(21)10-9-25-22/h5-10,15,24H,1-4,11-14H2. The second-order valence-corrected chi connectivity index (χ2v) is 8.24. The van der Waals surface area contributed by atoms with Gasteiger partial charge in [-0.15, -0.1) is 0 Å². The largest absolute Gasteiger partial charge is 0.361 e. The van der Waals surface area contributed by atoms with Crippen LogP contribution >= 0.6 is 0 Å². The van der Waals surface area contributed by atoms with Gasteiger partial charge in [-0.2, -0.15) is 5.10 Å². The average molecular weight is 400 g/mol. The Bertz CT molecular complexity index is 1250. The molecular formula is C23H24N6O. The molecule has 30 heavy (non-hydrogen) atoms. The Kier molecular flexibility index (Phi) is 4.00. The molecule has 1 N–H and O–H groups in total. The van der Waals surface area contributed by atoms with Crippen molar-refractivity contribution in [2.45, 2.75) is 25.7 Å². The van der Waals surface area contributed by atoms with Crippen molar-refractivity contribution in [1.29, 1.82) is 0 Å². The summed E-state index contributed by atoms with van der Waals surface area (Å²) in [5.74, 6) is 1.11. The van der Waals surface area contributed by atoms with Crippen molar-refractivity contribution in [3.63, 3.8) is 0 Å². The second-order valence-electron chi connectivity index (χ2n) is 8.24. The molecule has 0 spiro atoms. The quantitative estimate of drug-likeness (QED) is 0.562. The topological polar surface area (TPSA) is 69.5 Å². The number of hydrogen-bond donors (Lipinski definition) is 1. The van der Waals surface area contributed by atoms with Crippen molar-refractivity contribution < 1.29 is 4.79 Å². The van der Waals surface area contributed by atoms with Crippen molar-refractivity contribution in [2.24, 2.45) is 0 Å². The molecule has 0 radical (unpaired) electrons. The minimum Gasteiger partial charge on any atom is -0.361 e. The van der Waals surface area contributed by atoms with E-state index in [0.717, 1.165) is 53.7 Å². The molecule has 152 valence electrons. The van der Waals surface area contributed by atoms with E-state index in [0.29, 0.717) is 13.1 Å². The lowest BCUT2D eigenvalue weighted by Gasteiger charge is -2.35. The summed E-state index contributed by atoms with van der Waals surface area (Å²) in [6.45, 7) is 2.96. The SMILES string of the molecule is O=C(c1ccc2[nH]ccc2c1)N1CCN(c2nccn3nc4c(c23)CCCC4)CC1. The van der Waals surface area contributed by atoms with Gasteiger partial charge in [-0.05, 0) is 49.9 Å². The fraction of sp³-hybridized carbons (Fsp3) is 0.348. The van der Waals surface area contributed by atoms with Crippen LogP contribution in [0.25, 0.3) is 16.4 Å². The molecule has 4 heterocycles. The van der Waals surface area contributed by atoms with Gasteiger partial charge in [0.25, 0.3) is 5.91 Å². The fourth-order valence-electron chi connectivity index (χ4n) is 4.87. The molecule has 2 aliphatic rings. The van der Waals surface area contributed by atoms with E-state index in [9.17, 15) is 4.79 Å². The van der Waals surface area contributed by atoms with Gasteiger partial charge in [0.2, 0.25) is 0 Å². The van der Waals surface area contributed by atoms with Gasteiger partial charge in [-0.3, -0.25) is 4.79 Å². The number of aromatic nitrogens is 4. The number of benzene rings is 1. The number of hydrogen-bond acceptors (Lipinski definition) is 4. The fourth-order valence-corrected chi connectivity index (χ4v) is 4.87. The van der Waals surface area contributed by atoms with Gasteiger partial charge in [0.05, 0.1) is 5.69 Å². The average Bonchev–Trinajstić information content (AvgIpc) is 3.42. The lowest BCUT2D eigenvalue weighted by atomic mass is 9.97. The van der Waals surface area contributed by atoms with Crippen LogP contribution in [0.4, 0.5) is 5.82 Å². The molecule has 0 unspecified atom stereocenters. The monoisotopic (exact) mass is 400 g/mol. The Morgan fingerprint density at radius 1 is 1.03 bits per heavy atom. The number of aryl methyl sites for hydroxylation is 2. The number of carbonyl (C=O) groups excluding carboxylic acids is 1. The molecule has 7 nitrogen and oxygen atoms in total. The second kappa shape index (κ2) is 6.86. The summed E-state index contributed by atoms with van der Waals surface area (Å²) in [7, 11) is 0. The van der Waals surface area contributed by atoms with Crippen LogP contribution in [0, 0.1) is 0 Å². The summed E-state index contributed by atoms with van der Waals surface area (Å²) in [5, 5.41) is 5.87. The van der Waals surface area contributed by atoms with Gasteiger partial charge >= 0.3 is 0 Å². The van der Waals surface area contributed by atoms with Gasteiger partial charge in [-0.1, -0.05) is 0 Å². The van der Waals surface area contributed by atoms with Crippen LogP contribution in [0.3, 0.4) is 0 Å². The van der Waals surface area contributed by atoms with Crippen LogP contribution in [-0.4, -0.2) is 56.6 Å². The molecule has 1 amide bonds. The first-order chi connectivity index (χ1) is 14.8. The molecule has 4 aromatic rings. The maximum absolute atomic E-state index is 13.0. The molecule has 0 saturated carbocycles. The molecule has 1 saturated heterocycles. The van der Waals surface area contributed by atoms with Crippen LogP contribution < -0.4 is 4.90 Å². The zero-order valence-corrected chi connectivity index (χ0v) is 16.8. The van der Waals surface area contributed by atoms with Crippen molar-refractivity contribution in [2.75, 3.05) is 31.1 Å². The Hall–Kier alpha value is -3.35. The first-order valence-electron chi connectivity index (χ1n) is 10.7. The highest BCUT2D eigenvalue weighted by molar-refractivity contribution is 5.98. The third-order valence-corrected chi connectivity index (χ3v) is 6.47. The summed E-state index contributed by atoms with van der Waals surface area (Å²) in [6, 6.07) is 7.87. The van der Waals surface area contributed by atoms with Crippen LogP contribution in [0.2, 0.25) is 0 Å². The molecule has 1 aromatic carbocycles. The van der Waals surface area contributed by atoms with E-state index in [2.05, 4.69) is 9.88 Å². The zero-order valence-electron chi connectivity index (χ0n) is 16.8. The molecule has 1 aliphatic heterocycles. The number of carbonyl (C=O) groups is 1. The molecule has 7 heteroatoms. The summed E-state index contributed by atoms with van der Waals surface area (Å²) in [5.41, 5.74) is 5.55. The number of fused-ring (bicyclic) bond motifs is 4. The van der Waals surface area contributed by atoms with Crippen molar-refractivity contribution in [3.05, 3.63) is 59.7 Å². The molecule has 3 aromatic heterocycles. The molecule has 6 rings (SSSR count). The maximum Gasteiger partial charge on any atom is 0.253 e. The first kappa shape index (κ1) is 17.5. The van der Waals surface area contributed by atoms with Crippen molar-refractivity contribution in [1.82, 2.24) is 24.5 Å². The number of rotatable bonds is 2. The van der Waals surface area contributed by atoms with Gasteiger partial charge in [0.1, 0.15) is 5.52 Å². The minimum absolute atomic E-state index is 0.102. The van der Waals surface area contributed by atoms with Crippen LogP contribution in [-0.2, 0) is 12.8 Å². The number of nitrogens with one attached hydrogen (secondary N) is 1. The van der Waals surface area contributed by atoms with E-state index in [1.54, 1.807) is 0 Å². The molecular weight excluding hydrogens is 376 g/mol. The van der Waals surface area contributed by atoms with E-state index in [1.165, 1.54) is 24.1 Å². The van der Waals surface area contributed by atoms with E-state index < -0.39 is 0 Å². The first-order valence-corrected chi connectivity index (χ1v) is 10.7. The number of aromatic amines is 1.